The van der Waals surface area contributed by atoms with E-state index in [4.69, 9.17) is 5.11 Å². The summed E-state index contributed by atoms with van der Waals surface area (Å²) >= 11 is 0. The Bertz CT molecular complexity index is 1410. The number of anilines is 2. The SMILES string of the molecule is CN1/C(=C/C=C2C=C(/C=C/C3N(CCCCCC(=O)O)c4ccccc4C3(C)C)CCC2)C(C)(C)c2ccccc21.Cl. The van der Waals surface area contributed by atoms with Crippen molar-refractivity contribution in [3.05, 3.63) is 107 Å². The molecule has 2 heterocycles. The zero-order valence-corrected chi connectivity index (χ0v) is 26.7. The number of halogens is 1. The summed E-state index contributed by atoms with van der Waals surface area (Å²) in [4.78, 5) is 15.8. The highest BCUT2D eigenvalue weighted by Gasteiger charge is 2.42. The van der Waals surface area contributed by atoms with Gasteiger partial charge in [-0.05, 0) is 72.6 Å². The van der Waals surface area contributed by atoms with Crippen LogP contribution in [-0.2, 0) is 15.6 Å². The number of carboxylic acid groups (broad SMARTS) is 1. The van der Waals surface area contributed by atoms with Gasteiger partial charge in [-0.1, -0.05) is 94.8 Å². The van der Waals surface area contributed by atoms with Crippen LogP contribution in [0.5, 0.6) is 0 Å². The van der Waals surface area contributed by atoms with E-state index in [9.17, 15) is 4.79 Å². The fourth-order valence-corrected chi connectivity index (χ4v) is 7.15. The van der Waals surface area contributed by atoms with Gasteiger partial charge in [-0.2, -0.15) is 0 Å². The van der Waals surface area contributed by atoms with E-state index in [-0.39, 0.29) is 35.7 Å². The molecule has 42 heavy (non-hydrogen) atoms. The monoisotopic (exact) mass is 586 g/mol. The van der Waals surface area contributed by atoms with E-state index in [0.717, 1.165) is 38.6 Å². The van der Waals surface area contributed by atoms with Crippen molar-refractivity contribution in [1.82, 2.24) is 0 Å². The molecule has 3 aliphatic rings. The van der Waals surface area contributed by atoms with Crippen molar-refractivity contribution < 1.29 is 9.90 Å². The Morgan fingerprint density at radius 3 is 2.33 bits per heavy atom. The number of aliphatic carboxylic acids is 1. The molecular weight excluding hydrogens is 540 g/mol. The third-order valence-electron chi connectivity index (χ3n) is 9.46. The van der Waals surface area contributed by atoms with E-state index in [1.54, 1.807) is 0 Å². The molecule has 2 aromatic carbocycles. The molecule has 5 rings (SSSR count). The Morgan fingerprint density at radius 2 is 1.62 bits per heavy atom. The van der Waals surface area contributed by atoms with Crippen LogP contribution >= 0.6 is 12.4 Å². The highest BCUT2D eigenvalue weighted by molar-refractivity contribution is 5.85. The molecule has 2 aromatic rings. The molecule has 1 N–H and O–H groups in total. The number of likely N-dealkylation sites (N-methyl/N-ethyl adjacent to an activating group) is 1. The number of hydrogen-bond acceptors (Lipinski definition) is 3. The Morgan fingerprint density at radius 1 is 0.929 bits per heavy atom. The largest absolute Gasteiger partial charge is 0.481 e. The molecule has 0 spiro atoms. The number of carboxylic acids is 1. The number of nitrogens with zero attached hydrogens (tertiary/aromatic N) is 2. The summed E-state index contributed by atoms with van der Waals surface area (Å²) in [5.74, 6) is -0.701. The van der Waals surface area contributed by atoms with E-state index >= 15 is 0 Å². The second kappa shape index (κ2) is 13.0. The lowest BCUT2D eigenvalue weighted by atomic mass is 9.80. The predicted molar refractivity (Wildman–Crippen MR) is 179 cm³/mol. The lowest BCUT2D eigenvalue weighted by Gasteiger charge is -2.32. The lowest BCUT2D eigenvalue weighted by Crippen LogP contribution is -2.40. The van der Waals surface area contributed by atoms with Gasteiger partial charge in [-0.25, -0.2) is 0 Å². The second-order valence-electron chi connectivity index (χ2n) is 13.0. The minimum absolute atomic E-state index is 0. The minimum atomic E-state index is -0.701. The zero-order valence-electron chi connectivity index (χ0n) is 25.9. The van der Waals surface area contributed by atoms with E-state index in [1.165, 1.54) is 45.8 Å². The predicted octanol–water partition coefficient (Wildman–Crippen LogP) is 9.12. The van der Waals surface area contributed by atoms with Crippen molar-refractivity contribution in [2.24, 2.45) is 0 Å². The Kier molecular flexibility index (Phi) is 9.77. The summed E-state index contributed by atoms with van der Waals surface area (Å²) in [6, 6.07) is 17.8. The van der Waals surface area contributed by atoms with Crippen LogP contribution in [0.3, 0.4) is 0 Å². The number of unbranched alkanes of at least 4 members (excludes halogenated alkanes) is 2. The zero-order chi connectivity index (χ0) is 29.2. The van der Waals surface area contributed by atoms with E-state index < -0.39 is 5.97 Å². The number of hydrogen-bond donors (Lipinski definition) is 1. The van der Waals surface area contributed by atoms with Crippen molar-refractivity contribution in [2.45, 2.75) is 89.5 Å². The number of allylic oxidation sites excluding steroid dienone is 7. The maximum absolute atomic E-state index is 10.9. The third-order valence-corrected chi connectivity index (χ3v) is 9.46. The number of carbonyl (C=O) groups is 1. The van der Waals surface area contributed by atoms with Gasteiger partial charge in [-0.15, -0.1) is 12.4 Å². The van der Waals surface area contributed by atoms with Crippen LogP contribution in [0.1, 0.15) is 83.8 Å². The van der Waals surface area contributed by atoms with Gasteiger partial charge in [0.05, 0.1) is 6.04 Å². The maximum Gasteiger partial charge on any atom is 0.303 e. The van der Waals surface area contributed by atoms with Gasteiger partial charge in [0.1, 0.15) is 0 Å². The van der Waals surface area contributed by atoms with Crippen molar-refractivity contribution in [2.75, 3.05) is 23.4 Å². The fourth-order valence-electron chi connectivity index (χ4n) is 7.15. The molecule has 0 fully saturated rings. The fraction of sp³-hybridized carbons (Fsp3) is 0.432. The molecule has 224 valence electrons. The van der Waals surface area contributed by atoms with Crippen molar-refractivity contribution in [3.8, 4) is 0 Å². The highest BCUT2D eigenvalue weighted by Crippen LogP contribution is 2.47. The molecule has 0 bridgehead atoms. The van der Waals surface area contributed by atoms with Crippen LogP contribution in [0.25, 0.3) is 0 Å². The molecule has 5 heteroatoms. The van der Waals surface area contributed by atoms with Crippen LogP contribution in [-0.4, -0.2) is 30.7 Å². The summed E-state index contributed by atoms with van der Waals surface area (Å²) in [7, 11) is 2.18. The Hall–Kier alpha value is -3.24. The molecule has 0 radical (unpaired) electrons. The first-order chi connectivity index (χ1) is 19.6. The molecule has 4 nitrogen and oxygen atoms in total. The molecule has 1 unspecified atom stereocenters. The van der Waals surface area contributed by atoms with Gasteiger partial charge in [0.2, 0.25) is 0 Å². The van der Waals surface area contributed by atoms with Gasteiger partial charge in [0, 0.05) is 47.9 Å². The van der Waals surface area contributed by atoms with Crippen molar-refractivity contribution in [3.63, 3.8) is 0 Å². The molecule has 1 aliphatic carbocycles. The molecule has 2 aliphatic heterocycles. The first-order valence-corrected chi connectivity index (χ1v) is 15.3. The van der Waals surface area contributed by atoms with Gasteiger partial charge in [0.15, 0.2) is 0 Å². The molecule has 0 saturated carbocycles. The molecule has 1 atom stereocenters. The summed E-state index contributed by atoms with van der Waals surface area (Å²) in [5, 5.41) is 9.00. The Balaban J connectivity index is 0.00000405. The van der Waals surface area contributed by atoms with Crippen LogP contribution in [0.2, 0.25) is 0 Å². The number of benzene rings is 2. The molecule has 0 saturated heterocycles. The maximum atomic E-state index is 10.9. The first-order valence-electron chi connectivity index (χ1n) is 15.3. The molecule has 0 amide bonds. The van der Waals surface area contributed by atoms with Crippen LogP contribution < -0.4 is 9.80 Å². The average molecular weight is 587 g/mol. The van der Waals surface area contributed by atoms with Crippen molar-refractivity contribution in [1.29, 1.82) is 0 Å². The van der Waals surface area contributed by atoms with Gasteiger partial charge >= 0.3 is 5.97 Å². The van der Waals surface area contributed by atoms with Crippen LogP contribution in [0, 0.1) is 0 Å². The normalized spacial score (nSPS) is 22.3. The van der Waals surface area contributed by atoms with E-state index in [0.29, 0.717) is 0 Å². The lowest BCUT2D eigenvalue weighted by molar-refractivity contribution is -0.137. The number of rotatable bonds is 9. The third kappa shape index (κ3) is 6.24. The topological polar surface area (TPSA) is 43.8 Å². The van der Waals surface area contributed by atoms with E-state index in [2.05, 4.69) is 123 Å². The van der Waals surface area contributed by atoms with Crippen molar-refractivity contribution >= 4 is 29.8 Å². The minimum Gasteiger partial charge on any atom is -0.481 e. The van der Waals surface area contributed by atoms with Crippen LogP contribution in [0.15, 0.2) is 95.8 Å². The van der Waals surface area contributed by atoms with E-state index in [1.807, 2.05) is 0 Å². The second-order valence-corrected chi connectivity index (χ2v) is 13.0. The molecule has 0 aromatic heterocycles. The number of para-hydroxylation sites is 2. The number of fused-ring (bicyclic) bond motifs is 2. The highest BCUT2D eigenvalue weighted by atomic mass is 35.5. The standard InChI is InChI=1S/C37H46N2O2.ClH/c1-36(2)29-16-8-10-18-31(29)38(5)33(36)23-21-27-14-13-15-28(26-27)22-24-34-37(3,4)30-17-9-11-19-32(30)39(34)25-12-6-7-20-35(40)41;/h8-11,16-19,21-24,26,34H,6-7,12-15,20,25H2,1-5H3,(H,40,41);1H/b24-22+,27-21?,33-23+;. The van der Waals surface area contributed by atoms with Gasteiger partial charge in [0.25, 0.3) is 0 Å². The quantitative estimate of drug-likeness (QED) is 0.298. The summed E-state index contributed by atoms with van der Waals surface area (Å²) in [6.07, 6.45) is 18.2. The Labute approximate surface area is 258 Å². The molecular formula is C37H47ClN2O2. The first kappa shape index (κ1) is 31.7. The van der Waals surface area contributed by atoms with Crippen LogP contribution in [0.4, 0.5) is 11.4 Å². The summed E-state index contributed by atoms with van der Waals surface area (Å²) < 4.78 is 0. The smallest absolute Gasteiger partial charge is 0.303 e. The summed E-state index contributed by atoms with van der Waals surface area (Å²) in [5.41, 5.74) is 9.53. The van der Waals surface area contributed by atoms with Gasteiger partial charge in [-0.3, -0.25) is 4.79 Å². The van der Waals surface area contributed by atoms with Gasteiger partial charge < -0.3 is 14.9 Å². The summed E-state index contributed by atoms with van der Waals surface area (Å²) in [6.45, 7) is 10.3. The average Bonchev–Trinajstić information content (AvgIpc) is 3.28.